The Hall–Kier alpha value is -0.160. The summed E-state index contributed by atoms with van der Waals surface area (Å²) < 4.78 is 15.1. The second-order valence-corrected chi connectivity index (χ2v) is 6.49. The van der Waals surface area contributed by atoms with Crippen LogP contribution in [-0.4, -0.2) is 31.1 Å². The van der Waals surface area contributed by atoms with E-state index in [1.165, 1.54) is 0 Å². The van der Waals surface area contributed by atoms with E-state index < -0.39 is 0 Å². The van der Waals surface area contributed by atoms with Crippen LogP contribution in [0.1, 0.15) is 38.3 Å². The molecule has 0 bridgehead atoms. The second-order valence-electron chi connectivity index (χ2n) is 5.64. The molecule has 2 rings (SSSR count). The van der Waals surface area contributed by atoms with Gasteiger partial charge in [0.2, 0.25) is 0 Å². The van der Waals surface area contributed by atoms with Crippen LogP contribution in [0.2, 0.25) is 0 Å². The summed E-state index contributed by atoms with van der Waals surface area (Å²) in [5.41, 5.74) is 0.835. The van der Waals surface area contributed by atoms with Crippen molar-refractivity contribution in [3.05, 3.63) is 34.1 Å². The smallest absolute Gasteiger partial charge is 0.142 e. The van der Waals surface area contributed by atoms with E-state index in [0.717, 1.165) is 44.6 Å². The van der Waals surface area contributed by atoms with Crippen LogP contribution >= 0.6 is 28.3 Å². The largest absolute Gasteiger partial charge is 0.314 e. The van der Waals surface area contributed by atoms with Crippen molar-refractivity contribution in [2.24, 2.45) is 5.92 Å². The van der Waals surface area contributed by atoms with Gasteiger partial charge in [-0.25, -0.2) is 4.39 Å². The molecule has 120 valence electrons. The maximum atomic E-state index is 14.5. The lowest BCUT2D eigenvalue weighted by Gasteiger charge is -2.39. The van der Waals surface area contributed by atoms with Crippen molar-refractivity contribution in [2.75, 3.05) is 26.2 Å². The van der Waals surface area contributed by atoms with Gasteiger partial charge in [0.25, 0.3) is 0 Å². The Balaban J connectivity index is 0.00000220. The average molecular weight is 380 g/mol. The minimum atomic E-state index is -0.0982. The van der Waals surface area contributed by atoms with Crippen molar-refractivity contribution in [1.82, 2.24) is 10.2 Å². The van der Waals surface area contributed by atoms with E-state index in [1.54, 1.807) is 6.07 Å². The number of piperazine rings is 1. The first-order valence-corrected chi connectivity index (χ1v) is 8.33. The summed E-state index contributed by atoms with van der Waals surface area (Å²) in [7, 11) is 0. The molecule has 0 spiro atoms. The predicted octanol–water partition coefficient (Wildman–Crippen LogP) is 4.39. The molecule has 0 saturated carbocycles. The zero-order valence-electron chi connectivity index (χ0n) is 12.7. The van der Waals surface area contributed by atoms with Gasteiger partial charge in [-0.05, 0) is 34.3 Å². The predicted molar refractivity (Wildman–Crippen MR) is 92.6 cm³/mol. The SMILES string of the molecule is CCCC(C)[C@@H](c1cccc(Br)c1F)N1CCNCC1.Cl. The molecule has 1 fully saturated rings. The molecule has 21 heavy (non-hydrogen) atoms. The fourth-order valence-corrected chi connectivity index (χ4v) is 3.57. The van der Waals surface area contributed by atoms with E-state index in [9.17, 15) is 4.39 Å². The molecule has 1 aliphatic heterocycles. The van der Waals surface area contributed by atoms with E-state index in [0.29, 0.717) is 10.4 Å². The van der Waals surface area contributed by atoms with Gasteiger partial charge in [0, 0.05) is 37.8 Å². The van der Waals surface area contributed by atoms with E-state index in [4.69, 9.17) is 0 Å². The van der Waals surface area contributed by atoms with Crippen molar-refractivity contribution < 1.29 is 4.39 Å². The Morgan fingerprint density at radius 1 is 1.33 bits per heavy atom. The third kappa shape index (κ3) is 4.65. The molecule has 2 nitrogen and oxygen atoms in total. The van der Waals surface area contributed by atoms with Crippen LogP contribution in [0.3, 0.4) is 0 Å². The maximum absolute atomic E-state index is 14.5. The van der Waals surface area contributed by atoms with Crippen molar-refractivity contribution in [2.45, 2.75) is 32.7 Å². The number of benzene rings is 1. The number of halogens is 3. The van der Waals surface area contributed by atoms with Gasteiger partial charge >= 0.3 is 0 Å². The standard InChI is InChI=1S/C16H24BrFN2.ClH/c1-3-5-12(2)16(20-10-8-19-9-11-20)13-6-4-7-14(17)15(13)18;/h4,6-7,12,16,19H,3,5,8-11H2,1-2H3;1H/t12?,16-;/m0./s1. The first kappa shape index (κ1) is 18.9. The molecule has 0 amide bonds. The van der Waals surface area contributed by atoms with E-state index in [1.807, 2.05) is 12.1 Å². The minimum Gasteiger partial charge on any atom is -0.314 e. The molecule has 1 aromatic carbocycles. The summed E-state index contributed by atoms with van der Waals surface area (Å²) in [5.74, 6) is 0.362. The van der Waals surface area contributed by atoms with Crippen molar-refractivity contribution in [3.8, 4) is 0 Å². The number of nitrogens with zero attached hydrogens (tertiary/aromatic N) is 1. The first-order chi connectivity index (χ1) is 9.65. The monoisotopic (exact) mass is 378 g/mol. The minimum absolute atomic E-state index is 0. The van der Waals surface area contributed by atoms with E-state index in [-0.39, 0.29) is 24.3 Å². The Morgan fingerprint density at radius 2 is 2.00 bits per heavy atom. The number of hydrogen-bond donors (Lipinski definition) is 1. The van der Waals surface area contributed by atoms with Crippen LogP contribution in [-0.2, 0) is 0 Å². The number of hydrogen-bond acceptors (Lipinski definition) is 2. The van der Waals surface area contributed by atoms with Crippen molar-refractivity contribution >= 4 is 28.3 Å². The molecular weight excluding hydrogens is 355 g/mol. The zero-order chi connectivity index (χ0) is 14.5. The highest BCUT2D eigenvalue weighted by atomic mass is 79.9. The highest BCUT2D eigenvalue weighted by Crippen LogP contribution is 2.35. The molecule has 0 aromatic heterocycles. The summed E-state index contributed by atoms with van der Waals surface area (Å²) in [4.78, 5) is 2.43. The summed E-state index contributed by atoms with van der Waals surface area (Å²) >= 11 is 3.32. The lowest BCUT2D eigenvalue weighted by molar-refractivity contribution is 0.123. The molecule has 1 aliphatic rings. The Bertz CT molecular complexity index is 438. The van der Waals surface area contributed by atoms with Crippen LogP contribution in [0.4, 0.5) is 4.39 Å². The fraction of sp³-hybridized carbons (Fsp3) is 0.625. The van der Waals surface area contributed by atoms with Gasteiger partial charge < -0.3 is 5.32 Å². The van der Waals surface area contributed by atoms with Crippen molar-refractivity contribution in [1.29, 1.82) is 0 Å². The quantitative estimate of drug-likeness (QED) is 0.816. The van der Waals surface area contributed by atoms with Crippen LogP contribution in [0.15, 0.2) is 22.7 Å². The van der Waals surface area contributed by atoms with Gasteiger partial charge in [0.15, 0.2) is 0 Å². The molecule has 1 N–H and O–H groups in total. The molecular formula is C16H25BrClFN2. The van der Waals surface area contributed by atoms with Crippen LogP contribution in [0.25, 0.3) is 0 Å². The Kier molecular flexibility index (Phi) is 8.17. The lowest BCUT2D eigenvalue weighted by atomic mass is 9.89. The molecule has 5 heteroatoms. The zero-order valence-corrected chi connectivity index (χ0v) is 15.1. The van der Waals surface area contributed by atoms with Gasteiger partial charge in [-0.15, -0.1) is 12.4 Å². The molecule has 1 unspecified atom stereocenters. The molecule has 2 atom stereocenters. The van der Waals surface area contributed by atoms with Crippen LogP contribution in [0, 0.1) is 11.7 Å². The number of nitrogens with one attached hydrogen (secondary N) is 1. The second kappa shape index (κ2) is 9.09. The van der Waals surface area contributed by atoms with Gasteiger partial charge in [0.05, 0.1) is 4.47 Å². The Morgan fingerprint density at radius 3 is 2.62 bits per heavy atom. The third-order valence-electron chi connectivity index (χ3n) is 4.13. The van der Waals surface area contributed by atoms with Gasteiger partial charge in [-0.2, -0.15) is 0 Å². The highest BCUT2D eigenvalue weighted by Gasteiger charge is 2.29. The Labute approximate surface area is 142 Å². The summed E-state index contributed by atoms with van der Waals surface area (Å²) in [5, 5.41) is 3.37. The van der Waals surface area contributed by atoms with Crippen LogP contribution < -0.4 is 5.32 Å². The van der Waals surface area contributed by atoms with Crippen LogP contribution in [0.5, 0.6) is 0 Å². The normalized spacial score (nSPS) is 18.9. The molecule has 0 aliphatic carbocycles. The molecule has 0 radical (unpaired) electrons. The summed E-state index contributed by atoms with van der Waals surface area (Å²) in [6.07, 6.45) is 2.26. The molecule has 1 aromatic rings. The fourth-order valence-electron chi connectivity index (χ4n) is 3.19. The number of rotatable bonds is 5. The highest BCUT2D eigenvalue weighted by molar-refractivity contribution is 9.10. The summed E-state index contributed by atoms with van der Waals surface area (Å²) in [6, 6.07) is 5.84. The lowest BCUT2D eigenvalue weighted by Crippen LogP contribution is -2.46. The van der Waals surface area contributed by atoms with E-state index in [2.05, 4.69) is 40.0 Å². The maximum Gasteiger partial charge on any atom is 0.142 e. The van der Waals surface area contributed by atoms with Gasteiger partial charge in [0.1, 0.15) is 5.82 Å². The molecule has 1 saturated heterocycles. The van der Waals surface area contributed by atoms with Crippen molar-refractivity contribution in [3.63, 3.8) is 0 Å². The van der Waals surface area contributed by atoms with Gasteiger partial charge in [-0.1, -0.05) is 32.4 Å². The van der Waals surface area contributed by atoms with Gasteiger partial charge in [-0.3, -0.25) is 4.90 Å². The van der Waals surface area contributed by atoms with E-state index >= 15 is 0 Å². The topological polar surface area (TPSA) is 15.3 Å². The summed E-state index contributed by atoms with van der Waals surface area (Å²) in [6.45, 7) is 8.41. The third-order valence-corrected chi connectivity index (χ3v) is 4.74. The molecule has 1 heterocycles. The first-order valence-electron chi connectivity index (χ1n) is 7.53. The average Bonchev–Trinajstić information content (AvgIpc) is 2.45.